The number of hydrogen-bond donors (Lipinski definition) is 1. The van der Waals surface area contributed by atoms with Gasteiger partial charge in [-0.05, 0) is 35.9 Å². The maximum atomic E-state index is 12.5. The van der Waals surface area contributed by atoms with Gasteiger partial charge in [-0.3, -0.25) is 14.2 Å². The number of nitrogens with zero attached hydrogens (tertiary/aromatic N) is 2. The van der Waals surface area contributed by atoms with E-state index in [1.807, 2.05) is 12.1 Å². The fraction of sp³-hybridized carbons (Fsp3) is 0.118. The van der Waals surface area contributed by atoms with Gasteiger partial charge in [0.05, 0.1) is 23.8 Å². The van der Waals surface area contributed by atoms with Crippen LogP contribution in [0.15, 0.2) is 53.6 Å². The Morgan fingerprint density at radius 2 is 1.96 bits per heavy atom. The van der Waals surface area contributed by atoms with Crippen LogP contribution in [0.2, 0.25) is 5.02 Å². The summed E-state index contributed by atoms with van der Waals surface area (Å²) in [6.45, 7) is 0.377. The highest BCUT2D eigenvalue weighted by atomic mass is 35.5. The van der Waals surface area contributed by atoms with Crippen LogP contribution in [0.3, 0.4) is 0 Å². The number of halogens is 1. The van der Waals surface area contributed by atoms with Gasteiger partial charge in [-0.15, -0.1) is 0 Å². The van der Waals surface area contributed by atoms with E-state index < -0.39 is 0 Å². The van der Waals surface area contributed by atoms with Gasteiger partial charge in [0.25, 0.3) is 11.5 Å². The summed E-state index contributed by atoms with van der Waals surface area (Å²) in [7, 11) is 1.59. The maximum Gasteiger partial charge on any atom is 0.261 e. The zero-order chi connectivity index (χ0) is 16.4. The smallest absolute Gasteiger partial charge is 0.261 e. The standard InChI is InChI=1S/C17H14ClN3O2/c1-19-16(22)12-4-2-11(3-5-12)9-21-10-20-15-7-6-13(18)8-14(15)17(21)23/h2-8,10H,9H2,1H3,(H,19,22). The molecule has 1 heterocycles. The van der Waals surface area contributed by atoms with Crippen molar-refractivity contribution < 1.29 is 4.79 Å². The summed E-state index contributed by atoms with van der Waals surface area (Å²) in [5.41, 5.74) is 1.95. The zero-order valence-corrected chi connectivity index (χ0v) is 13.2. The minimum atomic E-state index is -0.145. The van der Waals surface area contributed by atoms with E-state index in [1.165, 1.54) is 10.9 Å². The fourth-order valence-electron chi connectivity index (χ4n) is 2.35. The lowest BCUT2D eigenvalue weighted by molar-refractivity contribution is 0.0963. The van der Waals surface area contributed by atoms with Crippen LogP contribution in [0, 0.1) is 0 Å². The minimum Gasteiger partial charge on any atom is -0.355 e. The summed E-state index contributed by atoms with van der Waals surface area (Å²) in [6.07, 6.45) is 1.52. The van der Waals surface area contributed by atoms with Crippen molar-refractivity contribution in [1.82, 2.24) is 14.9 Å². The number of hydrogen-bond acceptors (Lipinski definition) is 3. The number of aromatic nitrogens is 2. The van der Waals surface area contributed by atoms with Crippen molar-refractivity contribution in [3.05, 3.63) is 75.3 Å². The van der Waals surface area contributed by atoms with E-state index in [0.717, 1.165) is 5.56 Å². The highest BCUT2D eigenvalue weighted by Crippen LogP contribution is 2.14. The van der Waals surface area contributed by atoms with Gasteiger partial charge >= 0.3 is 0 Å². The molecule has 2 aromatic carbocycles. The summed E-state index contributed by atoms with van der Waals surface area (Å²) in [5, 5.41) is 3.56. The Morgan fingerprint density at radius 1 is 1.22 bits per heavy atom. The number of nitrogens with one attached hydrogen (secondary N) is 1. The molecule has 23 heavy (non-hydrogen) atoms. The zero-order valence-electron chi connectivity index (χ0n) is 12.4. The molecule has 116 valence electrons. The Hall–Kier alpha value is -2.66. The summed E-state index contributed by atoms with van der Waals surface area (Å²) in [5.74, 6) is -0.143. The summed E-state index contributed by atoms with van der Waals surface area (Å²) >= 11 is 5.95. The average Bonchev–Trinajstić information content (AvgIpc) is 2.58. The van der Waals surface area contributed by atoms with Crippen molar-refractivity contribution in [2.45, 2.75) is 6.54 Å². The third kappa shape index (κ3) is 3.10. The van der Waals surface area contributed by atoms with Gasteiger partial charge in [0.2, 0.25) is 0 Å². The molecule has 0 aliphatic heterocycles. The molecule has 0 aliphatic carbocycles. The summed E-state index contributed by atoms with van der Waals surface area (Å²) in [4.78, 5) is 28.3. The first-order valence-corrected chi connectivity index (χ1v) is 7.42. The molecule has 0 saturated carbocycles. The highest BCUT2D eigenvalue weighted by molar-refractivity contribution is 6.31. The molecular formula is C17H14ClN3O2. The predicted octanol–water partition coefficient (Wildman–Crippen LogP) is 2.46. The third-order valence-electron chi connectivity index (χ3n) is 3.58. The molecule has 3 rings (SSSR count). The van der Waals surface area contributed by atoms with E-state index in [0.29, 0.717) is 28.0 Å². The summed E-state index contributed by atoms with van der Waals surface area (Å²) in [6, 6.07) is 12.1. The molecule has 0 saturated heterocycles. The molecule has 1 N–H and O–H groups in total. The van der Waals surface area contributed by atoms with Gasteiger partial charge in [-0.2, -0.15) is 0 Å². The van der Waals surface area contributed by atoms with Crippen LogP contribution >= 0.6 is 11.6 Å². The second-order valence-electron chi connectivity index (χ2n) is 5.12. The van der Waals surface area contributed by atoms with Crippen molar-refractivity contribution >= 4 is 28.4 Å². The minimum absolute atomic E-state index is 0.143. The fourth-order valence-corrected chi connectivity index (χ4v) is 2.52. The summed E-state index contributed by atoms with van der Waals surface area (Å²) < 4.78 is 1.52. The molecule has 0 fully saturated rings. The van der Waals surface area contributed by atoms with Gasteiger partial charge < -0.3 is 5.32 Å². The molecule has 0 aliphatic rings. The van der Waals surface area contributed by atoms with Crippen LogP contribution in [0.5, 0.6) is 0 Å². The van der Waals surface area contributed by atoms with Gasteiger partial charge in [0, 0.05) is 17.6 Å². The van der Waals surface area contributed by atoms with Gasteiger partial charge in [-0.1, -0.05) is 23.7 Å². The number of benzene rings is 2. The maximum absolute atomic E-state index is 12.5. The van der Waals surface area contributed by atoms with Crippen molar-refractivity contribution in [3.8, 4) is 0 Å². The lowest BCUT2D eigenvalue weighted by atomic mass is 10.1. The average molecular weight is 328 g/mol. The molecule has 6 heteroatoms. The molecule has 0 unspecified atom stereocenters. The SMILES string of the molecule is CNC(=O)c1ccc(Cn2cnc3ccc(Cl)cc3c2=O)cc1. The Kier molecular flexibility index (Phi) is 4.12. The first kappa shape index (κ1) is 15.2. The van der Waals surface area contributed by atoms with E-state index in [9.17, 15) is 9.59 Å². The molecule has 0 radical (unpaired) electrons. The van der Waals surface area contributed by atoms with Crippen LogP contribution < -0.4 is 10.9 Å². The molecule has 0 spiro atoms. The Labute approximate surface area is 137 Å². The number of fused-ring (bicyclic) bond motifs is 1. The molecule has 5 nitrogen and oxygen atoms in total. The van der Waals surface area contributed by atoms with Crippen molar-refractivity contribution in [2.75, 3.05) is 7.05 Å². The Balaban J connectivity index is 1.94. The first-order chi connectivity index (χ1) is 11.1. The second kappa shape index (κ2) is 6.22. The van der Waals surface area contributed by atoms with Crippen molar-refractivity contribution in [1.29, 1.82) is 0 Å². The Bertz CT molecular complexity index is 933. The van der Waals surface area contributed by atoms with Crippen LogP contribution in [0.4, 0.5) is 0 Å². The van der Waals surface area contributed by atoms with Crippen molar-refractivity contribution in [2.24, 2.45) is 0 Å². The number of rotatable bonds is 3. The normalized spacial score (nSPS) is 10.7. The van der Waals surface area contributed by atoms with Gasteiger partial charge in [0.15, 0.2) is 0 Å². The van der Waals surface area contributed by atoms with E-state index >= 15 is 0 Å². The van der Waals surface area contributed by atoms with Crippen LogP contribution in [-0.2, 0) is 6.54 Å². The molecule has 0 bridgehead atoms. The third-order valence-corrected chi connectivity index (χ3v) is 3.82. The Morgan fingerprint density at radius 3 is 2.65 bits per heavy atom. The topological polar surface area (TPSA) is 64.0 Å². The monoisotopic (exact) mass is 327 g/mol. The molecule has 0 atom stereocenters. The highest BCUT2D eigenvalue weighted by Gasteiger charge is 2.07. The van der Waals surface area contributed by atoms with E-state index in [-0.39, 0.29) is 11.5 Å². The molecule has 3 aromatic rings. The van der Waals surface area contributed by atoms with Crippen LogP contribution in [0.25, 0.3) is 10.9 Å². The molecule has 1 aromatic heterocycles. The quantitative estimate of drug-likeness (QED) is 0.803. The van der Waals surface area contributed by atoms with E-state index in [2.05, 4.69) is 10.3 Å². The first-order valence-electron chi connectivity index (χ1n) is 7.04. The van der Waals surface area contributed by atoms with Crippen LogP contribution in [-0.4, -0.2) is 22.5 Å². The van der Waals surface area contributed by atoms with Crippen LogP contribution in [0.1, 0.15) is 15.9 Å². The van der Waals surface area contributed by atoms with E-state index in [4.69, 9.17) is 11.6 Å². The molecular weight excluding hydrogens is 314 g/mol. The largest absolute Gasteiger partial charge is 0.355 e. The second-order valence-corrected chi connectivity index (χ2v) is 5.55. The number of amides is 1. The van der Waals surface area contributed by atoms with Gasteiger partial charge in [0.1, 0.15) is 0 Å². The number of carbonyl (C=O) groups is 1. The van der Waals surface area contributed by atoms with Gasteiger partial charge in [-0.25, -0.2) is 4.98 Å². The predicted molar refractivity (Wildman–Crippen MR) is 89.9 cm³/mol. The number of carbonyl (C=O) groups excluding carboxylic acids is 1. The van der Waals surface area contributed by atoms with Crippen molar-refractivity contribution in [3.63, 3.8) is 0 Å². The lowest BCUT2D eigenvalue weighted by Crippen LogP contribution is -2.21. The van der Waals surface area contributed by atoms with E-state index in [1.54, 1.807) is 37.4 Å². The lowest BCUT2D eigenvalue weighted by Gasteiger charge is -2.08. The molecule has 1 amide bonds.